The molecule has 8 aromatic carbocycles. The molecule has 0 aromatic heterocycles. The van der Waals surface area contributed by atoms with Crippen LogP contribution in [0.15, 0.2) is 182 Å². The van der Waals surface area contributed by atoms with Gasteiger partial charge in [-0.05, 0) is 100.0 Å². The Hall–Kier alpha value is -5.29. The fourth-order valence-corrected chi connectivity index (χ4v) is 15.1. The zero-order chi connectivity index (χ0) is 46.3. The Morgan fingerprint density at radius 2 is 0.621 bits per heavy atom. The van der Waals surface area contributed by atoms with E-state index in [4.69, 9.17) is 18.6 Å². The van der Waals surface area contributed by atoms with Crippen LogP contribution in [0.2, 0.25) is 0 Å². The number of benzene rings is 8. The van der Waals surface area contributed by atoms with E-state index in [0.717, 1.165) is 43.6 Å². The van der Waals surface area contributed by atoms with Crippen molar-refractivity contribution in [1.82, 2.24) is 0 Å². The molecule has 8 aromatic rings. The first-order valence-electron chi connectivity index (χ1n) is 22.7. The van der Waals surface area contributed by atoms with Crippen molar-refractivity contribution >= 4 is 92.8 Å². The molecule has 0 saturated carbocycles. The monoisotopic (exact) mass is 906 g/mol. The lowest BCUT2D eigenvalue weighted by molar-refractivity contribution is 0.00578. The van der Waals surface area contributed by atoms with E-state index in [0.29, 0.717) is 31.8 Å². The molecule has 0 N–H and O–H groups in total. The number of fused-ring (bicyclic) bond motifs is 2. The van der Waals surface area contributed by atoms with Crippen LogP contribution >= 0.6 is 14.3 Å². The third-order valence-electron chi connectivity index (χ3n) is 14.5. The summed E-state index contributed by atoms with van der Waals surface area (Å²) in [4.78, 5) is 0. The molecule has 2 aliphatic heterocycles. The molecule has 2 heterocycles. The SMILES string of the molecule is CC1(C)OB(c2ccc3c(-c4c(P(=O)(c5ccccc5)c5ccccc5)ccc5cc(B6OC(C)(C)C(C)(C)O6)ccc45)c(P(=O)(c4ccccc4)c4ccccc4)ccc3c2)OC1(C)C. The van der Waals surface area contributed by atoms with Crippen molar-refractivity contribution in [3.8, 4) is 11.1 Å². The Labute approximate surface area is 389 Å². The van der Waals surface area contributed by atoms with Gasteiger partial charge in [-0.1, -0.05) is 170 Å². The van der Waals surface area contributed by atoms with Crippen molar-refractivity contribution in [3.63, 3.8) is 0 Å². The fraction of sp³-hybridized carbons (Fsp3) is 0.214. The van der Waals surface area contributed by atoms with Crippen molar-refractivity contribution in [2.24, 2.45) is 0 Å². The Morgan fingerprint density at radius 1 is 0.348 bits per heavy atom. The van der Waals surface area contributed by atoms with Crippen LogP contribution in [-0.2, 0) is 27.7 Å². The standard InChI is InChI=1S/C56H54B2O6P2/c1-53(2)54(3,4)62-57(61-53)41-31-33-47-39(37-41)29-35-49(65(59,43-21-13-9-14-22-43)44-23-15-10-16-24-44)51(47)52-48-34-32-42(58-63-55(5,6)56(7,8)64-58)38-40(48)30-36-50(52)66(60,45-25-17-11-18-26-45)46-27-19-12-20-28-46/h9-38H,1-8H3. The van der Waals surface area contributed by atoms with Crippen molar-refractivity contribution in [1.29, 1.82) is 0 Å². The van der Waals surface area contributed by atoms with Gasteiger partial charge in [0.15, 0.2) is 14.3 Å². The number of rotatable bonds is 9. The molecule has 0 aliphatic carbocycles. The van der Waals surface area contributed by atoms with Gasteiger partial charge in [0.2, 0.25) is 0 Å². The number of hydrogen-bond acceptors (Lipinski definition) is 6. The van der Waals surface area contributed by atoms with E-state index in [1.807, 2.05) is 133 Å². The average Bonchev–Trinajstić information content (AvgIpc) is 3.70. The molecule has 2 saturated heterocycles. The van der Waals surface area contributed by atoms with Gasteiger partial charge in [-0.2, -0.15) is 0 Å². The highest BCUT2D eigenvalue weighted by molar-refractivity contribution is 7.86. The first-order chi connectivity index (χ1) is 31.4. The predicted molar refractivity (Wildman–Crippen MR) is 277 cm³/mol. The predicted octanol–water partition coefficient (Wildman–Crippen LogP) is 9.54. The van der Waals surface area contributed by atoms with E-state index in [-0.39, 0.29) is 0 Å². The van der Waals surface area contributed by atoms with Crippen molar-refractivity contribution in [2.75, 3.05) is 0 Å². The molecule has 2 fully saturated rings. The van der Waals surface area contributed by atoms with Crippen LogP contribution in [0, 0.1) is 0 Å². The minimum atomic E-state index is -3.68. The minimum Gasteiger partial charge on any atom is -0.399 e. The summed E-state index contributed by atoms with van der Waals surface area (Å²) in [7, 11) is -8.55. The maximum Gasteiger partial charge on any atom is 0.494 e. The second-order valence-corrected chi connectivity index (χ2v) is 25.1. The van der Waals surface area contributed by atoms with Gasteiger partial charge in [-0.25, -0.2) is 0 Å². The summed E-state index contributed by atoms with van der Waals surface area (Å²) in [5, 5.41) is 7.61. The molecule has 10 rings (SSSR count). The van der Waals surface area contributed by atoms with E-state index < -0.39 is 50.9 Å². The first-order valence-corrected chi connectivity index (χ1v) is 26.1. The van der Waals surface area contributed by atoms with E-state index in [2.05, 4.69) is 104 Å². The quantitative estimate of drug-likeness (QED) is 0.106. The van der Waals surface area contributed by atoms with Gasteiger partial charge in [0.1, 0.15) is 0 Å². The summed E-state index contributed by atoms with van der Waals surface area (Å²) in [6.07, 6.45) is 0. The highest BCUT2D eigenvalue weighted by Gasteiger charge is 2.53. The first kappa shape index (κ1) is 44.5. The third kappa shape index (κ3) is 7.21. The van der Waals surface area contributed by atoms with E-state index in [1.165, 1.54) is 0 Å². The van der Waals surface area contributed by atoms with Crippen molar-refractivity contribution < 1.29 is 27.7 Å². The molecule has 330 valence electrons. The maximum atomic E-state index is 16.9. The van der Waals surface area contributed by atoms with Crippen molar-refractivity contribution in [3.05, 3.63) is 182 Å². The highest BCUT2D eigenvalue weighted by atomic mass is 31.2. The van der Waals surface area contributed by atoms with E-state index in [9.17, 15) is 0 Å². The normalized spacial score (nSPS) is 17.7. The van der Waals surface area contributed by atoms with Crippen molar-refractivity contribution in [2.45, 2.75) is 77.8 Å². The zero-order valence-corrected chi connectivity index (χ0v) is 40.6. The minimum absolute atomic E-state index is 0.535. The lowest BCUT2D eigenvalue weighted by Crippen LogP contribution is -2.41. The fourth-order valence-electron chi connectivity index (χ4n) is 9.38. The van der Waals surface area contributed by atoms with Crippen LogP contribution in [0.4, 0.5) is 0 Å². The lowest BCUT2D eigenvalue weighted by Gasteiger charge is -2.32. The lowest BCUT2D eigenvalue weighted by atomic mass is 9.77. The van der Waals surface area contributed by atoms with Crippen LogP contribution in [0.5, 0.6) is 0 Å². The van der Waals surface area contributed by atoms with E-state index in [1.54, 1.807) is 0 Å². The molecule has 2 aliphatic rings. The second kappa shape index (κ2) is 16.2. The summed E-state index contributed by atoms with van der Waals surface area (Å²) in [5.41, 5.74) is 1.11. The largest absolute Gasteiger partial charge is 0.494 e. The Morgan fingerprint density at radius 3 is 0.894 bits per heavy atom. The second-order valence-electron chi connectivity index (χ2n) is 19.6. The molecule has 6 nitrogen and oxygen atoms in total. The molecule has 66 heavy (non-hydrogen) atoms. The third-order valence-corrected chi connectivity index (χ3v) is 20.7. The van der Waals surface area contributed by atoms with Gasteiger partial charge in [-0.3, -0.25) is 0 Å². The van der Waals surface area contributed by atoms with Gasteiger partial charge in [0.25, 0.3) is 0 Å². The summed E-state index contributed by atoms with van der Waals surface area (Å²) in [5.74, 6) is 0. The molecule has 0 radical (unpaired) electrons. The maximum absolute atomic E-state index is 16.9. The summed E-state index contributed by atoms with van der Waals surface area (Å²) < 4.78 is 60.2. The summed E-state index contributed by atoms with van der Waals surface area (Å²) in [6, 6.07) is 59.8. The van der Waals surface area contributed by atoms with Gasteiger partial charge >= 0.3 is 14.2 Å². The van der Waals surface area contributed by atoms with Crippen LogP contribution in [0.1, 0.15) is 55.4 Å². The van der Waals surface area contributed by atoms with Gasteiger partial charge < -0.3 is 27.7 Å². The van der Waals surface area contributed by atoms with Crippen LogP contribution < -0.4 is 42.8 Å². The molecule has 0 amide bonds. The molecule has 0 unspecified atom stereocenters. The molecule has 0 bridgehead atoms. The van der Waals surface area contributed by atoms with E-state index >= 15 is 9.13 Å². The van der Waals surface area contributed by atoms with Crippen LogP contribution in [-0.4, -0.2) is 36.6 Å². The van der Waals surface area contributed by atoms with Gasteiger partial charge in [0.05, 0.1) is 22.4 Å². The highest BCUT2D eigenvalue weighted by Crippen LogP contribution is 2.52. The zero-order valence-electron chi connectivity index (χ0n) is 38.8. The number of hydrogen-bond donors (Lipinski definition) is 0. The molecular formula is C56H54B2O6P2. The molecule has 10 heteroatoms. The molecule has 0 atom stereocenters. The van der Waals surface area contributed by atoms with Gasteiger partial charge in [-0.15, -0.1) is 0 Å². The van der Waals surface area contributed by atoms with Gasteiger partial charge in [0, 0.05) is 43.0 Å². The van der Waals surface area contributed by atoms with Crippen LogP contribution in [0.3, 0.4) is 0 Å². The Bertz CT molecular complexity index is 2890. The summed E-state index contributed by atoms with van der Waals surface area (Å²) in [6.45, 7) is 16.5. The van der Waals surface area contributed by atoms with Crippen LogP contribution in [0.25, 0.3) is 32.7 Å². The summed E-state index contributed by atoms with van der Waals surface area (Å²) >= 11 is 0. The topological polar surface area (TPSA) is 71.1 Å². The molecular weight excluding hydrogens is 852 g/mol. The smallest absolute Gasteiger partial charge is 0.399 e. The Kier molecular flexibility index (Phi) is 10.9. The Balaban J connectivity index is 1.34. The molecule has 0 spiro atoms. The average molecular weight is 907 g/mol.